The van der Waals surface area contributed by atoms with Gasteiger partial charge >= 0.3 is 23.9 Å². The average Bonchev–Trinajstić information content (AvgIpc) is 1.65. The van der Waals surface area contributed by atoms with Crippen LogP contribution in [0.3, 0.4) is 0 Å². The molecule has 0 spiro atoms. The van der Waals surface area contributed by atoms with Crippen LogP contribution in [0.4, 0.5) is 0 Å². The summed E-state index contributed by atoms with van der Waals surface area (Å²) in [5, 5.41) is 12.7. The van der Waals surface area contributed by atoms with Crippen molar-refractivity contribution in [2.24, 2.45) is 27.6 Å². The number of esters is 4. The SMILES string of the molecule is COC(=O)C(C)(C)CC(C)(CCC(C)C#N)C(=O)OCCOc1cc(C)c(-n2ccnc2-c2[c-]cccc2)c(C)c1.COC(=O)C(C)(C)CC(C)(CCC(C)c1ccccc1)C(=O)OCCOc1c[c-]c(-c2nccn2-c2ccccc2C)cc1.Cc1cc(C)c(-c2cnc3c4[c-]cccc4c4ccc(C)cc4n23)c(C)c1.[Ir].[Ir].[Ir]. The number of carbonyl (C=O) groups excluding carboxylic acids is 4. The summed E-state index contributed by atoms with van der Waals surface area (Å²) in [6.45, 7) is 30.0. The molecule has 4 unspecified atom stereocenters. The fourth-order valence-electron chi connectivity index (χ4n) is 15.4. The smallest absolute Gasteiger partial charge is 0.311 e. The molecule has 0 saturated carbocycles. The number of rotatable bonds is 28. The zero-order chi connectivity index (χ0) is 80.7. The minimum atomic E-state index is -0.962. The van der Waals surface area contributed by atoms with E-state index in [9.17, 15) is 24.4 Å². The predicted octanol–water partition coefficient (Wildman–Crippen LogP) is 20.5. The van der Waals surface area contributed by atoms with E-state index in [1.807, 2.05) is 154 Å². The minimum absolute atomic E-state index is 0. The van der Waals surface area contributed by atoms with Gasteiger partial charge in [0.1, 0.15) is 32.2 Å². The van der Waals surface area contributed by atoms with E-state index in [2.05, 4.69) is 147 Å². The Balaban J connectivity index is 0.000000241. The molecular weight excluding hydrogens is 1980 g/mol. The fraction of sp³-hybridized carbons (Fsp3) is 0.347. The number of aromatic nitrogens is 6. The Kier molecular flexibility index (Phi) is 33.2. The third-order valence-electron chi connectivity index (χ3n) is 20.9. The van der Waals surface area contributed by atoms with Crippen LogP contribution in [0.5, 0.6) is 11.5 Å². The van der Waals surface area contributed by atoms with Crippen LogP contribution in [-0.4, -0.2) is 93.0 Å². The van der Waals surface area contributed by atoms with E-state index in [0.29, 0.717) is 37.2 Å². The molecule has 4 atom stereocenters. The molecule has 0 fully saturated rings. The van der Waals surface area contributed by atoms with Gasteiger partial charge in [-0.15, -0.1) is 95.4 Å². The number of para-hydroxylation sites is 1. The van der Waals surface area contributed by atoms with Gasteiger partial charge < -0.3 is 42.0 Å². The van der Waals surface area contributed by atoms with Crippen LogP contribution in [0.25, 0.3) is 72.7 Å². The van der Waals surface area contributed by atoms with Crippen molar-refractivity contribution in [1.29, 1.82) is 5.26 Å². The molecule has 20 heteroatoms. The first-order chi connectivity index (χ1) is 53.5. The molecule has 0 aliphatic heterocycles. The molecule has 8 aromatic carbocycles. The maximum atomic E-state index is 13.5. The predicted molar refractivity (Wildman–Crippen MR) is 441 cm³/mol. The number of imidazole rings is 3. The molecule has 0 N–H and O–H groups in total. The number of hydrogen-bond acceptors (Lipinski definition) is 14. The molecule has 4 aromatic heterocycles. The summed E-state index contributed by atoms with van der Waals surface area (Å²) in [4.78, 5) is 65.6. The van der Waals surface area contributed by atoms with Gasteiger partial charge in [0.25, 0.3) is 0 Å². The Hall–Kier alpha value is -9.69. The van der Waals surface area contributed by atoms with E-state index in [1.54, 1.807) is 39.2 Å². The van der Waals surface area contributed by atoms with Crippen LogP contribution in [0.1, 0.15) is 144 Å². The summed E-state index contributed by atoms with van der Waals surface area (Å²) < 4.78 is 39.6. The number of methoxy groups -OCH3 is 2. The van der Waals surface area contributed by atoms with Crippen molar-refractivity contribution in [2.75, 3.05) is 40.6 Å². The van der Waals surface area contributed by atoms with Crippen LogP contribution in [0.15, 0.2) is 189 Å². The Morgan fingerprint density at radius 2 is 1.08 bits per heavy atom. The van der Waals surface area contributed by atoms with Crippen molar-refractivity contribution < 1.29 is 108 Å². The molecule has 12 aromatic rings. The first-order valence-corrected chi connectivity index (χ1v) is 38.2. The number of aryl methyl sites for hydroxylation is 7. The van der Waals surface area contributed by atoms with Gasteiger partial charge in [0.15, 0.2) is 0 Å². The van der Waals surface area contributed by atoms with Crippen molar-refractivity contribution in [3.05, 3.63) is 251 Å². The molecule has 0 amide bonds. The second-order valence-electron chi connectivity index (χ2n) is 31.3. The zero-order valence-electron chi connectivity index (χ0n) is 68.8. The van der Waals surface area contributed by atoms with Crippen LogP contribution < -0.4 is 9.47 Å². The third kappa shape index (κ3) is 22.5. The number of nitriles is 1. The van der Waals surface area contributed by atoms with Crippen LogP contribution in [0.2, 0.25) is 0 Å². The van der Waals surface area contributed by atoms with Crippen LogP contribution in [-0.2, 0) is 98.4 Å². The molecule has 0 aliphatic rings. The number of carbonyl (C=O) groups is 4. The molecule has 3 radical (unpaired) electrons. The molecule has 12 rings (SSSR count). The summed E-state index contributed by atoms with van der Waals surface area (Å²) in [5.74, 6) is 1.40. The van der Waals surface area contributed by atoms with E-state index < -0.39 is 33.6 Å². The molecule has 0 bridgehead atoms. The topological polar surface area (TPSA) is 200 Å². The van der Waals surface area contributed by atoms with E-state index >= 15 is 0 Å². The fourth-order valence-corrected chi connectivity index (χ4v) is 15.4. The molecule has 115 heavy (non-hydrogen) atoms. The van der Waals surface area contributed by atoms with Crippen molar-refractivity contribution in [2.45, 2.75) is 148 Å². The number of nitrogens with zero attached hydrogens (tertiary/aromatic N) is 7. The number of benzene rings is 8. The van der Waals surface area contributed by atoms with Crippen molar-refractivity contribution in [3.8, 4) is 63.0 Å². The van der Waals surface area contributed by atoms with Gasteiger partial charge in [-0.05, 0) is 210 Å². The summed E-state index contributed by atoms with van der Waals surface area (Å²) in [6.07, 6.45) is 12.2. The first kappa shape index (κ1) is 92.5. The largest absolute Gasteiger partial charge is 0.533 e. The standard InChI is InChI=1S/C37H43N2O5.C33H40N3O5.C25H21N2.3Ir/c1-27(29-13-8-7-9-14-29)20-21-37(5,26-36(3,4)34(40)42-6)35(41)44-25-24-43-31-18-16-30(17-19-31)33-38-22-23-39(33)32-15-11-10-12-28(32)2;1-23(21-34)13-14-33(6,22-32(4,5)30(37)39-7)31(38)41-18-17-40-27-19-24(2)28(25(3)20-27)36-16-15-35-29(36)26-11-9-8-10-12-26;1-15-9-10-20-19-7-5-6-8-21(19)25-26-14-23(27(25)22(20)13-15)24-17(3)11-16(2)12-18(24)4;;;/h7-16,18-19,22-23,27H,20-21,24-26H2,1-6H3;8-11,15-16,19-20,23H,13-14,17-18,22H2,1-7H3;5-7,9-14H,1-4H3;;;/q3*-1;;;. The normalized spacial score (nSPS) is 12.7. The molecule has 609 valence electrons. The second-order valence-corrected chi connectivity index (χ2v) is 31.3. The summed E-state index contributed by atoms with van der Waals surface area (Å²) in [7, 11) is 2.71. The van der Waals surface area contributed by atoms with Crippen LogP contribution >= 0.6 is 0 Å². The molecule has 0 saturated heterocycles. The molecule has 0 aliphatic carbocycles. The first-order valence-electron chi connectivity index (χ1n) is 38.2. The van der Waals surface area contributed by atoms with Gasteiger partial charge in [0.05, 0.1) is 64.9 Å². The minimum Gasteiger partial charge on any atom is -0.533 e. The van der Waals surface area contributed by atoms with Crippen molar-refractivity contribution >= 4 is 51.2 Å². The Morgan fingerprint density at radius 1 is 0.522 bits per heavy atom. The number of ether oxygens (including phenoxy) is 6. The Bertz CT molecular complexity index is 5290. The van der Waals surface area contributed by atoms with E-state index in [0.717, 1.165) is 74.0 Å². The maximum Gasteiger partial charge on any atom is 0.311 e. The summed E-state index contributed by atoms with van der Waals surface area (Å²) >= 11 is 0. The number of hydrogen-bond donors (Lipinski definition) is 0. The summed E-state index contributed by atoms with van der Waals surface area (Å²) in [6, 6.07) is 65.0. The number of fused-ring (bicyclic) bond motifs is 6. The van der Waals surface area contributed by atoms with Gasteiger partial charge in [0, 0.05) is 125 Å². The van der Waals surface area contributed by atoms with Crippen molar-refractivity contribution in [1.82, 2.24) is 28.5 Å². The average molecular weight is 2080 g/mol. The maximum absolute atomic E-state index is 13.5. The second kappa shape index (κ2) is 41.2. The van der Waals surface area contributed by atoms with Gasteiger partial charge in [0.2, 0.25) is 0 Å². The molecule has 4 heterocycles. The molecular formula is C95H104Ir3N7O10-3. The van der Waals surface area contributed by atoms with E-state index in [1.165, 1.54) is 63.9 Å². The Morgan fingerprint density at radius 3 is 1.65 bits per heavy atom. The quantitative estimate of drug-likeness (QED) is 0.0147. The van der Waals surface area contributed by atoms with E-state index in [4.69, 9.17) is 33.4 Å². The number of pyridine rings is 1. The van der Waals surface area contributed by atoms with Crippen LogP contribution in [0, 0.1) is 106 Å². The summed E-state index contributed by atoms with van der Waals surface area (Å²) in [5.41, 5.74) is 14.3. The zero-order valence-corrected chi connectivity index (χ0v) is 76.0. The van der Waals surface area contributed by atoms with Gasteiger partial charge in [-0.1, -0.05) is 90.7 Å². The third-order valence-corrected chi connectivity index (χ3v) is 20.9. The van der Waals surface area contributed by atoms with Gasteiger partial charge in [-0.2, -0.15) is 5.26 Å². The van der Waals surface area contributed by atoms with Gasteiger partial charge in [-0.3, -0.25) is 34.1 Å². The van der Waals surface area contributed by atoms with E-state index in [-0.39, 0.29) is 117 Å². The van der Waals surface area contributed by atoms with Crippen molar-refractivity contribution in [3.63, 3.8) is 0 Å². The molecule has 17 nitrogen and oxygen atoms in total. The monoisotopic (exact) mass is 2080 g/mol. The Labute approximate surface area is 718 Å². The van der Waals surface area contributed by atoms with Gasteiger partial charge in [-0.25, -0.2) is 0 Å².